The summed E-state index contributed by atoms with van der Waals surface area (Å²) in [7, 11) is 0. The van der Waals surface area contributed by atoms with Gasteiger partial charge in [0.05, 0.1) is 12.3 Å². The van der Waals surface area contributed by atoms with E-state index in [4.69, 9.17) is 4.74 Å². The minimum atomic E-state index is -0.711. The Hall–Kier alpha value is -2.50. The van der Waals surface area contributed by atoms with Crippen LogP contribution >= 0.6 is 0 Å². The number of carbonyl (C=O) groups excluding carboxylic acids is 1. The van der Waals surface area contributed by atoms with Gasteiger partial charge >= 0.3 is 6.09 Å². The normalized spacial score (nSPS) is 10.5. The van der Waals surface area contributed by atoms with Gasteiger partial charge in [-0.1, -0.05) is 32.0 Å². The first-order valence-corrected chi connectivity index (χ1v) is 6.58. The van der Waals surface area contributed by atoms with Crippen molar-refractivity contribution in [3.63, 3.8) is 0 Å². The summed E-state index contributed by atoms with van der Waals surface area (Å²) < 4.78 is 18.5. The molecule has 1 aromatic carbocycles. The SMILES string of the molecule is CC(C)COC(=O)N(c1ccccc1)c1nccc(F)n1. The van der Waals surface area contributed by atoms with E-state index in [1.807, 2.05) is 19.9 Å². The number of ether oxygens (including phenoxy) is 1. The van der Waals surface area contributed by atoms with E-state index in [0.717, 1.165) is 11.0 Å². The molecule has 0 fully saturated rings. The molecule has 0 spiro atoms. The summed E-state index contributed by atoms with van der Waals surface area (Å²) in [6.45, 7) is 4.12. The van der Waals surface area contributed by atoms with Gasteiger partial charge in [-0.15, -0.1) is 0 Å². The number of aromatic nitrogens is 2. The van der Waals surface area contributed by atoms with Gasteiger partial charge in [-0.25, -0.2) is 14.7 Å². The molecule has 0 aliphatic heterocycles. The first kappa shape index (κ1) is 14.9. The Morgan fingerprint density at radius 1 is 1.29 bits per heavy atom. The number of hydrogen-bond acceptors (Lipinski definition) is 4. The molecule has 0 bridgehead atoms. The number of rotatable bonds is 4. The van der Waals surface area contributed by atoms with Crippen LogP contribution in [0.1, 0.15) is 13.8 Å². The summed E-state index contributed by atoms with van der Waals surface area (Å²) in [5, 5.41) is 0. The highest BCUT2D eigenvalue weighted by Crippen LogP contribution is 2.22. The van der Waals surface area contributed by atoms with Gasteiger partial charge in [0, 0.05) is 12.3 Å². The van der Waals surface area contributed by atoms with Crippen molar-refractivity contribution in [2.75, 3.05) is 11.5 Å². The van der Waals surface area contributed by atoms with Gasteiger partial charge in [-0.05, 0) is 18.1 Å². The Bertz CT molecular complexity index is 605. The van der Waals surface area contributed by atoms with Crippen LogP contribution in [0.3, 0.4) is 0 Å². The lowest BCUT2D eigenvalue weighted by atomic mass is 10.2. The molecule has 0 atom stereocenters. The van der Waals surface area contributed by atoms with Crippen molar-refractivity contribution in [2.24, 2.45) is 5.92 Å². The second kappa shape index (κ2) is 6.78. The average molecular weight is 289 g/mol. The van der Waals surface area contributed by atoms with Gasteiger partial charge in [0.15, 0.2) is 0 Å². The zero-order chi connectivity index (χ0) is 15.2. The van der Waals surface area contributed by atoms with Crippen LogP contribution < -0.4 is 4.90 Å². The number of para-hydroxylation sites is 1. The molecule has 0 N–H and O–H groups in total. The van der Waals surface area contributed by atoms with Gasteiger partial charge in [0.25, 0.3) is 0 Å². The molecule has 2 rings (SSSR count). The molecule has 6 heteroatoms. The van der Waals surface area contributed by atoms with E-state index in [-0.39, 0.29) is 18.5 Å². The largest absolute Gasteiger partial charge is 0.449 e. The zero-order valence-electron chi connectivity index (χ0n) is 11.9. The van der Waals surface area contributed by atoms with Crippen molar-refractivity contribution in [3.8, 4) is 0 Å². The molecule has 5 nitrogen and oxygen atoms in total. The van der Waals surface area contributed by atoms with Crippen molar-refractivity contribution >= 4 is 17.7 Å². The molecule has 0 unspecified atom stereocenters. The molecule has 1 aromatic heterocycles. The Kier molecular flexibility index (Phi) is 4.81. The fraction of sp³-hybridized carbons (Fsp3) is 0.267. The Labute approximate surface area is 122 Å². The number of nitrogens with zero attached hydrogens (tertiary/aromatic N) is 3. The van der Waals surface area contributed by atoms with Gasteiger partial charge in [-0.2, -0.15) is 9.37 Å². The second-order valence-corrected chi connectivity index (χ2v) is 4.82. The summed E-state index contributed by atoms with van der Waals surface area (Å²) in [6, 6.07) is 9.85. The Balaban J connectivity index is 2.33. The van der Waals surface area contributed by atoms with E-state index in [2.05, 4.69) is 9.97 Å². The summed E-state index contributed by atoms with van der Waals surface area (Å²) >= 11 is 0. The minimum Gasteiger partial charge on any atom is -0.449 e. The quantitative estimate of drug-likeness (QED) is 0.808. The van der Waals surface area contributed by atoms with Crippen LogP contribution in [-0.2, 0) is 4.74 Å². The van der Waals surface area contributed by atoms with Crippen LogP contribution in [0.15, 0.2) is 42.6 Å². The number of halogens is 1. The number of carbonyl (C=O) groups is 1. The van der Waals surface area contributed by atoms with E-state index in [1.165, 1.54) is 6.20 Å². The molecular weight excluding hydrogens is 273 g/mol. The third-order valence-corrected chi connectivity index (χ3v) is 2.55. The van der Waals surface area contributed by atoms with Crippen molar-refractivity contribution in [1.82, 2.24) is 9.97 Å². The van der Waals surface area contributed by atoms with Crippen LogP contribution in [-0.4, -0.2) is 22.7 Å². The highest BCUT2D eigenvalue weighted by molar-refractivity contribution is 5.93. The van der Waals surface area contributed by atoms with E-state index in [0.29, 0.717) is 5.69 Å². The molecule has 0 saturated carbocycles. The lowest BCUT2D eigenvalue weighted by molar-refractivity contribution is 0.142. The van der Waals surface area contributed by atoms with E-state index in [1.54, 1.807) is 24.3 Å². The van der Waals surface area contributed by atoms with Crippen molar-refractivity contribution in [1.29, 1.82) is 0 Å². The molecule has 0 aliphatic carbocycles. The molecule has 0 aliphatic rings. The molecule has 2 aromatic rings. The predicted octanol–water partition coefficient (Wildman–Crippen LogP) is 3.55. The summed E-state index contributed by atoms with van der Waals surface area (Å²) in [5.74, 6) is -0.576. The van der Waals surface area contributed by atoms with E-state index >= 15 is 0 Å². The van der Waals surface area contributed by atoms with Crippen molar-refractivity contribution in [3.05, 3.63) is 48.5 Å². The zero-order valence-corrected chi connectivity index (χ0v) is 11.9. The number of benzene rings is 1. The monoisotopic (exact) mass is 289 g/mol. The molecule has 1 amide bonds. The topological polar surface area (TPSA) is 55.3 Å². The van der Waals surface area contributed by atoms with Crippen LogP contribution in [0.25, 0.3) is 0 Å². The van der Waals surface area contributed by atoms with Crippen molar-refractivity contribution < 1.29 is 13.9 Å². The van der Waals surface area contributed by atoms with Crippen LogP contribution in [0.4, 0.5) is 20.8 Å². The third-order valence-electron chi connectivity index (χ3n) is 2.55. The maximum absolute atomic E-state index is 13.3. The average Bonchev–Trinajstić information content (AvgIpc) is 2.46. The van der Waals surface area contributed by atoms with Gasteiger partial charge in [0.2, 0.25) is 11.9 Å². The maximum atomic E-state index is 13.3. The van der Waals surface area contributed by atoms with Gasteiger partial charge in [-0.3, -0.25) is 0 Å². The number of anilines is 2. The molecule has 110 valence electrons. The maximum Gasteiger partial charge on any atom is 0.421 e. The van der Waals surface area contributed by atoms with E-state index < -0.39 is 12.0 Å². The molecule has 1 heterocycles. The van der Waals surface area contributed by atoms with Gasteiger partial charge < -0.3 is 4.74 Å². The molecular formula is C15H16FN3O2. The predicted molar refractivity (Wildman–Crippen MR) is 76.8 cm³/mol. The minimum absolute atomic E-state index is 0.0602. The molecule has 0 saturated heterocycles. The van der Waals surface area contributed by atoms with Gasteiger partial charge in [0.1, 0.15) is 0 Å². The fourth-order valence-corrected chi connectivity index (χ4v) is 1.62. The summed E-state index contributed by atoms with van der Waals surface area (Å²) in [6.07, 6.45) is 0.615. The second-order valence-electron chi connectivity index (χ2n) is 4.82. The Morgan fingerprint density at radius 2 is 2.00 bits per heavy atom. The lowest BCUT2D eigenvalue weighted by Crippen LogP contribution is -2.29. The summed E-state index contributed by atoms with van der Waals surface area (Å²) in [5.41, 5.74) is 0.511. The molecule has 0 radical (unpaired) electrons. The fourth-order valence-electron chi connectivity index (χ4n) is 1.62. The highest BCUT2D eigenvalue weighted by Gasteiger charge is 2.22. The first-order chi connectivity index (χ1) is 10.1. The third kappa shape index (κ3) is 3.98. The number of hydrogen-bond donors (Lipinski definition) is 0. The first-order valence-electron chi connectivity index (χ1n) is 6.58. The standard InChI is InChI=1S/C15H16FN3O2/c1-11(2)10-21-15(20)19(12-6-4-3-5-7-12)14-17-9-8-13(16)18-14/h3-9,11H,10H2,1-2H3. The van der Waals surface area contributed by atoms with Crippen LogP contribution in [0.2, 0.25) is 0 Å². The summed E-state index contributed by atoms with van der Waals surface area (Å²) in [4.78, 5) is 21.0. The molecule has 21 heavy (non-hydrogen) atoms. The van der Waals surface area contributed by atoms with Crippen LogP contribution in [0.5, 0.6) is 0 Å². The lowest BCUT2D eigenvalue weighted by Gasteiger charge is -2.20. The number of amides is 1. The highest BCUT2D eigenvalue weighted by atomic mass is 19.1. The van der Waals surface area contributed by atoms with E-state index in [9.17, 15) is 9.18 Å². The van der Waals surface area contributed by atoms with Crippen LogP contribution in [0, 0.1) is 11.9 Å². The Morgan fingerprint density at radius 3 is 2.62 bits per heavy atom. The van der Waals surface area contributed by atoms with Crippen molar-refractivity contribution in [2.45, 2.75) is 13.8 Å². The smallest absolute Gasteiger partial charge is 0.421 e.